The fourth-order valence-corrected chi connectivity index (χ4v) is 16.5. The summed E-state index contributed by atoms with van der Waals surface area (Å²) in [7, 11) is 0. The third-order valence-corrected chi connectivity index (χ3v) is 24.1. The van der Waals surface area contributed by atoms with Crippen molar-refractivity contribution in [3.8, 4) is 44.5 Å². The van der Waals surface area contributed by atoms with Crippen molar-refractivity contribution in [1.29, 1.82) is 0 Å². The normalized spacial score (nSPS) is 22.9. The number of nitrogens with one attached hydrogen (secondary N) is 6. The van der Waals surface area contributed by atoms with Crippen molar-refractivity contribution in [2.75, 3.05) is 47.7 Å². The molecular weight excluding hydrogens is 1460 g/mol. The predicted octanol–water partition coefficient (Wildman–Crippen LogP) is 19.7. The minimum atomic E-state index is -0.719. The van der Waals surface area contributed by atoms with Crippen molar-refractivity contribution in [2.24, 2.45) is 47.3 Å². The highest BCUT2D eigenvalue weighted by molar-refractivity contribution is 6.13. The smallest absolute Gasteiger partial charge is 0.309 e. The SMILES string of the molecule is CC(C)(C)c1cc(-c2c3nc(c4c5ccc([nH]5)c(-c5cc(C(C)(C)C)cc(C(C)(C)C)c5)c5nc(c(c6ccc2[nH]6)-c2c6cccc2NC(=O)[C@@H]2C[C@H]2C(=O)OCCCCCCCCOC(=O)[C@@H]2C[C@H]2C(=O)Nc2cccc(c2-4)NC(=O)[C@@H]2C[C@H]2C(=O)OCCCCCCCCOC(=O)[C@@H]2C[C@H]2C(=O)N6)C=C5)C=C3)cc(C(C)(C)C)c1. The Labute approximate surface area is 679 Å². The second-order valence-electron chi connectivity index (χ2n) is 37.2. The number of aromatic amines is 2. The van der Waals surface area contributed by atoms with Crippen molar-refractivity contribution in [3.63, 3.8) is 0 Å². The van der Waals surface area contributed by atoms with Crippen LogP contribution in [0.4, 0.5) is 22.7 Å². The van der Waals surface area contributed by atoms with Gasteiger partial charge in [-0.3, -0.25) is 38.4 Å². The van der Waals surface area contributed by atoms with Crippen LogP contribution in [0, 0.1) is 47.3 Å². The number of hydrogen-bond donors (Lipinski definition) is 6. The van der Waals surface area contributed by atoms with E-state index < -0.39 is 94.8 Å². The molecule has 0 unspecified atom stereocenters. The van der Waals surface area contributed by atoms with E-state index >= 15 is 19.2 Å². The number of nitrogens with zero attached hydrogens (tertiary/aromatic N) is 2. The van der Waals surface area contributed by atoms with Gasteiger partial charge in [0.1, 0.15) is 0 Å². The highest BCUT2D eigenvalue weighted by Crippen LogP contribution is 2.51. The molecule has 17 rings (SSSR count). The minimum absolute atomic E-state index is 0.197. The first-order valence-corrected chi connectivity index (χ1v) is 42.0. The summed E-state index contributed by atoms with van der Waals surface area (Å²) >= 11 is 0. The number of fused-ring (bicyclic) bond motifs is 26. The first-order valence-electron chi connectivity index (χ1n) is 42.0. The second kappa shape index (κ2) is 32.4. The monoisotopic (exact) mass is 1570 g/mol. The molecule has 9 heterocycles. The molecule has 4 saturated carbocycles. The van der Waals surface area contributed by atoms with Crippen LogP contribution >= 0.6 is 0 Å². The Balaban J connectivity index is 1.05. The first-order chi connectivity index (χ1) is 55.3. The average molecular weight is 1570 g/mol. The molecule has 20 nitrogen and oxygen atoms in total. The molecular formula is C96H110N8O12. The molecule has 6 aliphatic heterocycles. The van der Waals surface area contributed by atoms with E-state index in [1.54, 1.807) is 36.4 Å². The van der Waals surface area contributed by atoms with Gasteiger partial charge < -0.3 is 50.2 Å². The van der Waals surface area contributed by atoms with E-state index in [0.717, 1.165) is 84.7 Å². The first kappa shape index (κ1) is 80.4. The van der Waals surface area contributed by atoms with Crippen LogP contribution in [0.5, 0.6) is 0 Å². The van der Waals surface area contributed by atoms with Crippen molar-refractivity contribution in [2.45, 2.75) is 207 Å². The summed E-state index contributed by atoms with van der Waals surface area (Å²) in [4.78, 5) is 136. The summed E-state index contributed by atoms with van der Waals surface area (Å²) in [6.45, 7) is 27.1. The second-order valence-corrected chi connectivity index (χ2v) is 37.2. The Morgan fingerprint density at radius 2 is 0.517 bits per heavy atom. The highest BCUT2D eigenvalue weighted by Gasteiger charge is 2.53. The number of hydrogen-bond acceptors (Lipinski definition) is 14. The molecule has 4 aromatic carbocycles. The Morgan fingerprint density at radius 3 is 0.767 bits per heavy atom. The molecule has 606 valence electrons. The summed E-state index contributed by atoms with van der Waals surface area (Å²) in [5.74, 6) is -8.97. The lowest BCUT2D eigenvalue weighted by Gasteiger charge is -2.26. The number of rotatable bonds is 2. The van der Waals surface area contributed by atoms with Crippen molar-refractivity contribution in [3.05, 3.63) is 142 Å². The van der Waals surface area contributed by atoms with Gasteiger partial charge >= 0.3 is 23.9 Å². The molecule has 12 bridgehead atoms. The molecule has 0 radical (unpaired) electrons. The quantitative estimate of drug-likeness (QED) is 0.0694. The van der Waals surface area contributed by atoms with E-state index in [1.807, 2.05) is 48.6 Å². The van der Waals surface area contributed by atoms with E-state index in [1.165, 1.54) is 0 Å². The Morgan fingerprint density at radius 1 is 0.284 bits per heavy atom. The van der Waals surface area contributed by atoms with Crippen molar-refractivity contribution in [1.82, 2.24) is 19.9 Å². The standard InChI is InChI=1S/C96H110N8O12/c1-93(2,3)55-43-53(44-56(47-55)94(4,5)6)79-71-31-35-75(97-71)83-77-37-33-73(99-77)80(54-45-57(95(7,8)9)48-58(46-54)96(10,11)12)74-34-38-78(100-74)84(76-36-32-72(79)98-76)82-68-28-26-30-70(82)104-88(108)62-52-66(62)92(112)116-42-24-20-16-15-19-23-41-115-91(111)65-51-61(65)87(107)103-69-29-25-27-67(81(69)83)101-85(105)59-49-63(59)89(109)113-39-21-17-13-14-18-22-40-114-90(110)64-50-60(64)86(106)102-68/h25-38,43-48,59-66,97,100H,13-24,39-42,49-52H2,1-12H3,(H,101,105)(H,102,106)(H,103,107)(H,104,108)/t59-,60-,61-,62-,63-,64-,65-,66-/m1/s1. The number of carbonyl (C=O) groups is 8. The van der Waals surface area contributed by atoms with Gasteiger partial charge in [-0.05, 0) is 179 Å². The third-order valence-electron chi connectivity index (χ3n) is 24.1. The Bertz CT molecular complexity index is 4820. The Kier molecular flexibility index (Phi) is 22.4. The van der Waals surface area contributed by atoms with Crippen LogP contribution in [0.25, 0.3) is 90.9 Å². The largest absolute Gasteiger partial charge is 0.465 e. The molecule has 0 saturated heterocycles. The number of esters is 4. The van der Waals surface area contributed by atoms with Gasteiger partial charge in [-0.15, -0.1) is 0 Å². The van der Waals surface area contributed by atoms with E-state index in [9.17, 15) is 19.2 Å². The van der Waals surface area contributed by atoms with Crippen LogP contribution < -0.4 is 21.3 Å². The van der Waals surface area contributed by atoms with Crippen LogP contribution in [-0.2, 0) is 79.0 Å². The summed E-state index contributed by atoms with van der Waals surface area (Å²) in [6, 6.07) is 32.0. The molecule has 4 fully saturated rings. The van der Waals surface area contributed by atoms with E-state index in [-0.39, 0.29) is 73.8 Å². The fraction of sp³-hybridized carbons (Fsp3) is 0.458. The number of amides is 4. The zero-order valence-corrected chi connectivity index (χ0v) is 69.1. The summed E-state index contributed by atoms with van der Waals surface area (Å²) in [6.07, 6.45) is 18.2. The molecule has 4 aliphatic carbocycles. The number of anilines is 4. The van der Waals surface area contributed by atoms with Gasteiger partial charge in [0.2, 0.25) is 23.6 Å². The van der Waals surface area contributed by atoms with Gasteiger partial charge in [0.15, 0.2) is 0 Å². The van der Waals surface area contributed by atoms with Gasteiger partial charge in [0.25, 0.3) is 0 Å². The minimum Gasteiger partial charge on any atom is -0.465 e. The lowest BCUT2D eigenvalue weighted by Crippen LogP contribution is -2.21. The number of aromatic nitrogens is 4. The van der Waals surface area contributed by atoms with E-state index in [0.29, 0.717) is 127 Å². The number of carbonyl (C=O) groups excluding carboxylic acids is 8. The van der Waals surface area contributed by atoms with Gasteiger partial charge in [0.05, 0.1) is 119 Å². The van der Waals surface area contributed by atoms with Gasteiger partial charge in [-0.1, -0.05) is 183 Å². The number of ether oxygens (including phenoxy) is 4. The molecule has 0 spiro atoms. The van der Waals surface area contributed by atoms with E-state index in [4.69, 9.17) is 28.9 Å². The number of benzene rings is 4. The summed E-state index contributed by atoms with van der Waals surface area (Å²) in [5, 5.41) is 13.1. The van der Waals surface area contributed by atoms with Crippen LogP contribution in [0.1, 0.15) is 231 Å². The Hall–Kier alpha value is -10.8. The van der Waals surface area contributed by atoms with Crippen LogP contribution in [0.3, 0.4) is 0 Å². The molecule has 7 aromatic rings. The molecule has 3 aromatic heterocycles. The van der Waals surface area contributed by atoms with Crippen LogP contribution in [0.15, 0.2) is 97.1 Å². The maximum atomic E-state index is 15.2. The van der Waals surface area contributed by atoms with Gasteiger partial charge in [-0.2, -0.15) is 0 Å². The molecule has 6 N–H and O–H groups in total. The topological polar surface area (TPSA) is 279 Å². The lowest BCUT2D eigenvalue weighted by atomic mass is 9.78. The highest BCUT2D eigenvalue weighted by atomic mass is 16.5. The zero-order chi connectivity index (χ0) is 81.9. The van der Waals surface area contributed by atoms with E-state index in [2.05, 4.69) is 151 Å². The molecule has 4 amide bonds. The van der Waals surface area contributed by atoms with Crippen LogP contribution in [-0.4, -0.2) is 93.9 Å². The number of H-pyrrole nitrogens is 2. The average Bonchev–Trinajstić information content (AvgIpc) is 1.56. The van der Waals surface area contributed by atoms with Crippen molar-refractivity contribution >= 4 is 117 Å². The van der Waals surface area contributed by atoms with Crippen molar-refractivity contribution < 1.29 is 57.3 Å². The molecule has 10 aliphatic rings. The van der Waals surface area contributed by atoms with Gasteiger partial charge in [-0.25, -0.2) is 9.97 Å². The lowest BCUT2D eigenvalue weighted by molar-refractivity contribution is -0.147. The zero-order valence-electron chi connectivity index (χ0n) is 69.1. The predicted molar refractivity (Wildman–Crippen MR) is 456 cm³/mol. The summed E-state index contributed by atoms with van der Waals surface area (Å²) in [5.41, 5.74) is 13.3. The molecule has 116 heavy (non-hydrogen) atoms. The third kappa shape index (κ3) is 17.7. The maximum Gasteiger partial charge on any atom is 0.309 e. The summed E-state index contributed by atoms with van der Waals surface area (Å²) < 4.78 is 23.4. The van der Waals surface area contributed by atoms with Crippen LogP contribution in [0.2, 0.25) is 0 Å². The van der Waals surface area contributed by atoms with Gasteiger partial charge in [0, 0.05) is 55.4 Å². The molecule has 8 atom stereocenters. The fourth-order valence-electron chi connectivity index (χ4n) is 16.5. The maximum absolute atomic E-state index is 15.2. The molecule has 20 heteroatoms.